The Labute approximate surface area is 131 Å². The first-order valence-electron chi connectivity index (χ1n) is 7.76. The van der Waals surface area contributed by atoms with Gasteiger partial charge in [-0.2, -0.15) is 0 Å². The maximum Gasteiger partial charge on any atom is 0.223 e. The first-order valence-corrected chi connectivity index (χ1v) is 7.76. The van der Waals surface area contributed by atoms with Crippen molar-refractivity contribution in [3.05, 3.63) is 17.7 Å². The number of benzene rings is 1. The Morgan fingerprint density at radius 3 is 2.14 bits per heavy atom. The van der Waals surface area contributed by atoms with Gasteiger partial charge in [-0.3, -0.25) is 4.79 Å². The minimum Gasteiger partial charge on any atom is -0.496 e. The lowest BCUT2D eigenvalue weighted by molar-refractivity contribution is -0.126. The second kappa shape index (κ2) is 7.92. The molecular weight excluding hydrogens is 282 g/mol. The smallest absolute Gasteiger partial charge is 0.223 e. The summed E-state index contributed by atoms with van der Waals surface area (Å²) in [5.74, 6) is 2.24. The number of rotatable bonds is 6. The molecule has 5 nitrogen and oxygen atoms in total. The molecule has 0 spiro atoms. The number of nitrogens with one attached hydrogen (secondary N) is 1. The summed E-state index contributed by atoms with van der Waals surface area (Å²) in [6, 6.07) is 3.59. The summed E-state index contributed by atoms with van der Waals surface area (Å²) in [7, 11) is 4.79. The number of hydrogen-bond acceptors (Lipinski definition) is 4. The van der Waals surface area contributed by atoms with Crippen molar-refractivity contribution in [3.63, 3.8) is 0 Å². The van der Waals surface area contributed by atoms with Crippen LogP contribution in [0.25, 0.3) is 0 Å². The molecule has 0 aromatic heterocycles. The molecule has 0 heterocycles. The topological polar surface area (TPSA) is 56.8 Å². The Morgan fingerprint density at radius 2 is 1.64 bits per heavy atom. The molecule has 1 N–H and O–H groups in total. The van der Waals surface area contributed by atoms with Gasteiger partial charge in [-0.1, -0.05) is 19.3 Å². The summed E-state index contributed by atoms with van der Waals surface area (Å²) in [6.07, 6.45) is 5.51. The highest BCUT2D eigenvalue weighted by Crippen LogP contribution is 2.34. The van der Waals surface area contributed by atoms with Crippen molar-refractivity contribution in [2.24, 2.45) is 5.92 Å². The van der Waals surface area contributed by atoms with E-state index in [-0.39, 0.29) is 11.8 Å². The van der Waals surface area contributed by atoms with Gasteiger partial charge in [0.15, 0.2) is 0 Å². The van der Waals surface area contributed by atoms with Crippen LogP contribution in [0.4, 0.5) is 0 Å². The van der Waals surface area contributed by atoms with E-state index in [1.165, 1.54) is 6.42 Å². The standard InChI is InChI=1S/C17H25NO4/c1-20-13-9-15(21-2)14(16(10-13)22-3)11-18-17(19)12-7-5-4-6-8-12/h9-10,12H,4-8,11H2,1-3H3,(H,18,19). The zero-order valence-corrected chi connectivity index (χ0v) is 13.6. The van der Waals surface area contributed by atoms with E-state index in [2.05, 4.69) is 5.32 Å². The maximum atomic E-state index is 12.3. The third-order valence-electron chi connectivity index (χ3n) is 4.23. The first-order chi connectivity index (χ1) is 10.7. The molecular formula is C17H25NO4. The number of ether oxygens (including phenoxy) is 3. The number of amides is 1. The zero-order chi connectivity index (χ0) is 15.9. The van der Waals surface area contributed by atoms with Gasteiger partial charge < -0.3 is 19.5 Å². The third-order valence-corrected chi connectivity index (χ3v) is 4.23. The van der Waals surface area contributed by atoms with Crippen LogP contribution in [-0.4, -0.2) is 27.2 Å². The van der Waals surface area contributed by atoms with Gasteiger partial charge in [0.1, 0.15) is 17.2 Å². The normalized spacial score (nSPS) is 15.2. The van der Waals surface area contributed by atoms with Gasteiger partial charge in [0.25, 0.3) is 0 Å². The molecule has 0 saturated heterocycles. The van der Waals surface area contributed by atoms with Crippen molar-refractivity contribution < 1.29 is 19.0 Å². The average Bonchev–Trinajstić information content (AvgIpc) is 2.59. The Kier molecular flexibility index (Phi) is 5.92. The highest BCUT2D eigenvalue weighted by atomic mass is 16.5. The van der Waals surface area contributed by atoms with E-state index in [1.807, 2.05) is 0 Å². The molecule has 1 aliphatic carbocycles. The summed E-state index contributed by atoms with van der Waals surface area (Å²) in [5, 5.41) is 3.02. The van der Waals surface area contributed by atoms with Gasteiger partial charge in [-0.05, 0) is 12.8 Å². The van der Waals surface area contributed by atoms with Crippen molar-refractivity contribution in [1.29, 1.82) is 0 Å². The molecule has 122 valence electrons. The van der Waals surface area contributed by atoms with Crippen LogP contribution in [0.5, 0.6) is 17.2 Å². The fourth-order valence-corrected chi connectivity index (χ4v) is 2.94. The molecule has 1 aromatic rings. The van der Waals surface area contributed by atoms with Gasteiger partial charge >= 0.3 is 0 Å². The molecule has 0 bridgehead atoms. The molecule has 1 amide bonds. The van der Waals surface area contributed by atoms with Crippen LogP contribution < -0.4 is 19.5 Å². The van der Waals surface area contributed by atoms with Gasteiger partial charge in [0, 0.05) is 18.1 Å². The predicted octanol–water partition coefficient (Wildman–Crippen LogP) is 2.91. The molecule has 2 rings (SSSR count). The van der Waals surface area contributed by atoms with Crippen molar-refractivity contribution in [3.8, 4) is 17.2 Å². The van der Waals surface area contributed by atoms with E-state index in [0.29, 0.717) is 23.8 Å². The molecule has 0 radical (unpaired) electrons. The number of hydrogen-bond donors (Lipinski definition) is 1. The second-order valence-corrected chi connectivity index (χ2v) is 5.56. The van der Waals surface area contributed by atoms with Gasteiger partial charge in [-0.15, -0.1) is 0 Å². The van der Waals surface area contributed by atoms with Crippen LogP contribution in [-0.2, 0) is 11.3 Å². The Hall–Kier alpha value is -1.91. The van der Waals surface area contributed by atoms with Crippen LogP contribution in [0.1, 0.15) is 37.7 Å². The summed E-state index contributed by atoms with van der Waals surface area (Å²) < 4.78 is 16.0. The molecule has 0 unspecified atom stereocenters. The highest BCUT2D eigenvalue weighted by Gasteiger charge is 2.22. The molecule has 1 fully saturated rings. The average molecular weight is 307 g/mol. The van der Waals surface area contributed by atoms with E-state index in [0.717, 1.165) is 31.2 Å². The Bertz CT molecular complexity index is 484. The number of methoxy groups -OCH3 is 3. The largest absolute Gasteiger partial charge is 0.496 e. The molecule has 0 atom stereocenters. The van der Waals surface area contributed by atoms with Crippen molar-refractivity contribution in [2.75, 3.05) is 21.3 Å². The molecule has 22 heavy (non-hydrogen) atoms. The minimum atomic E-state index is 0.125. The lowest BCUT2D eigenvalue weighted by Gasteiger charge is -2.21. The van der Waals surface area contributed by atoms with Crippen LogP contribution in [0.2, 0.25) is 0 Å². The molecule has 0 aliphatic heterocycles. The monoisotopic (exact) mass is 307 g/mol. The summed E-state index contributed by atoms with van der Waals surface area (Å²) in [5.41, 5.74) is 0.829. The quantitative estimate of drug-likeness (QED) is 0.878. The van der Waals surface area contributed by atoms with Gasteiger partial charge in [0.2, 0.25) is 5.91 Å². The van der Waals surface area contributed by atoms with Gasteiger partial charge in [-0.25, -0.2) is 0 Å². The van der Waals surface area contributed by atoms with E-state index < -0.39 is 0 Å². The SMILES string of the molecule is COc1cc(OC)c(CNC(=O)C2CCCCC2)c(OC)c1. The molecule has 1 aromatic carbocycles. The maximum absolute atomic E-state index is 12.3. The summed E-state index contributed by atoms with van der Waals surface area (Å²) in [4.78, 5) is 12.3. The third kappa shape index (κ3) is 3.84. The molecule has 1 aliphatic rings. The second-order valence-electron chi connectivity index (χ2n) is 5.56. The van der Waals surface area contributed by atoms with Crippen molar-refractivity contribution in [2.45, 2.75) is 38.6 Å². The van der Waals surface area contributed by atoms with Gasteiger partial charge in [0.05, 0.1) is 33.4 Å². The minimum absolute atomic E-state index is 0.125. The first kappa shape index (κ1) is 16.5. The van der Waals surface area contributed by atoms with Crippen LogP contribution >= 0.6 is 0 Å². The lowest BCUT2D eigenvalue weighted by Crippen LogP contribution is -2.31. The molecule has 1 saturated carbocycles. The molecule has 5 heteroatoms. The van der Waals surface area contributed by atoms with E-state index in [4.69, 9.17) is 14.2 Å². The fraction of sp³-hybridized carbons (Fsp3) is 0.588. The zero-order valence-electron chi connectivity index (χ0n) is 13.6. The van der Waals surface area contributed by atoms with Crippen molar-refractivity contribution in [1.82, 2.24) is 5.32 Å². The lowest BCUT2D eigenvalue weighted by atomic mass is 9.88. The van der Waals surface area contributed by atoms with Crippen LogP contribution in [0, 0.1) is 5.92 Å². The van der Waals surface area contributed by atoms with Crippen LogP contribution in [0.3, 0.4) is 0 Å². The Morgan fingerprint density at radius 1 is 1.05 bits per heavy atom. The fourth-order valence-electron chi connectivity index (χ4n) is 2.94. The van der Waals surface area contributed by atoms with E-state index in [9.17, 15) is 4.79 Å². The van der Waals surface area contributed by atoms with E-state index >= 15 is 0 Å². The van der Waals surface area contributed by atoms with Crippen molar-refractivity contribution >= 4 is 5.91 Å². The summed E-state index contributed by atoms with van der Waals surface area (Å²) in [6.45, 7) is 0.395. The van der Waals surface area contributed by atoms with Crippen LogP contribution in [0.15, 0.2) is 12.1 Å². The van der Waals surface area contributed by atoms with E-state index in [1.54, 1.807) is 33.5 Å². The highest BCUT2D eigenvalue weighted by molar-refractivity contribution is 5.78. The summed E-state index contributed by atoms with van der Waals surface area (Å²) >= 11 is 0. The number of carbonyl (C=O) groups is 1. The Balaban J connectivity index is 2.09. The number of carbonyl (C=O) groups excluding carboxylic acids is 1. The predicted molar refractivity (Wildman–Crippen MR) is 84.5 cm³/mol.